The highest BCUT2D eigenvalue weighted by Gasteiger charge is 2.08. The summed E-state index contributed by atoms with van der Waals surface area (Å²) in [5, 5.41) is 12.5. The number of hydrogen-bond donors (Lipinski definition) is 1. The molecule has 0 aliphatic rings. The monoisotopic (exact) mass is 204 g/mol. The van der Waals surface area contributed by atoms with Crippen LogP contribution in [0.5, 0.6) is 0 Å². The Bertz CT molecular complexity index is 489. The first-order valence-corrected chi connectivity index (χ1v) is 4.25. The maximum atomic E-state index is 10.6. The molecule has 15 heavy (non-hydrogen) atoms. The van der Waals surface area contributed by atoms with Gasteiger partial charge >= 0.3 is 5.97 Å². The highest BCUT2D eigenvalue weighted by atomic mass is 16.4. The van der Waals surface area contributed by atoms with Crippen LogP contribution in [0.1, 0.15) is 16.1 Å². The molecular weight excluding hydrogens is 196 g/mol. The molecule has 2 aromatic heterocycles. The van der Waals surface area contributed by atoms with Gasteiger partial charge in [-0.05, 0) is 18.6 Å². The topological polar surface area (TPSA) is 80.9 Å². The number of carboxylic acids is 1. The highest BCUT2D eigenvalue weighted by molar-refractivity contribution is 5.85. The summed E-state index contributed by atoms with van der Waals surface area (Å²) < 4.78 is 1.32. The molecular formula is C9H8N4O2. The summed E-state index contributed by atoms with van der Waals surface area (Å²) in [4.78, 5) is 18.6. The summed E-state index contributed by atoms with van der Waals surface area (Å²) in [6, 6.07) is 1.39. The Morgan fingerprint density at radius 3 is 2.60 bits per heavy atom. The minimum atomic E-state index is -1.07. The Balaban J connectivity index is 2.37. The summed E-state index contributed by atoms with van der Waals surface area (Å²) in [6.45, 7) is 1.87. The van der Waals surface area contributed by atoms with E-state index in [0.29, 0.717) is 5.95 Å². The average Bonchev–Trinajstić information content (AvgIpc) is 2.68. The minimum Gasteiger partial charge on any atom is -0.476 e. The molecule has 0 atom stereocenters. The van der Waals surface area contributed by atoms with Gasteiger partial charge in [0, 0.05) is 18.6 Å². The molecule has 2 rings (SSSR count). The van der Waals surface area contributed by atoms with E-state index in [-0.39, 0.29) is 5.69 Å². The predicted molar refractivity (Wildman–Crippen MR) is 50.9 cm³/mol. The summed E-state index contributed by atoms with van der Waals surface area (Å²) in [6.07, 6.45) is 4.79. The fraction of sp³-hybridized carbons (Fsp3) is 0.111. The highest BCUT2D eigenvalue weighted by Crippen LogP contribution is 2.02. The van der Waals surface area contributed by atoms with Gasteiger partial charge in [0.15, 0.2) is 5.69 Å². The van der Waals surface area contributed by atoms with Crippen molar-refractivity contribution in [1.82, 2.24) is 19.7 Å². The third-order valence-electron chi connectivity index (χ3n) is 1.78. The molecule has 1 N–H and O–H groups in total. The zero-order chi connectivity index (χ0) is 10.8. The number of aromatic nitrogens is 4. The van der Waals surface area contributed by atoms with Crippen molar-refractivity contribution in [2.24, 2.45) is 0 Å². The molecule has 6 heteroatoms. The van der Waals surface area contributed by atoms with Gasteiger partial charge in [0.1, 0.15) is 0 Å². The van der Waals surface area contributed by atoms with Crippen LogP contribution in [0.25, 0.3) is 5.95 Å². The number of aromatic carboxylic acids is 1. The molecule has 0 bridgehead atoms. The van der Waals surface area contributed by atoms with E-state index in [1.807, 2.05) is 6.92 Å². The van der Waals surface area contributed by atoms with Crippen LogP contribution in [-0.4, -0.2) is 30.8 Å². The molecule has 0 radical (unpaired) electrons. The quantitative estimate of drug-likeness (QED) is 0.777. The number of hydrogen-bond acceptors (Lipinski definition) is 4. The fourth-order valence-electron chi connectivity index (χ4n) is 1.05. The third-order valence-corrected chi connectivity index (χ3v) is 1.78. The summed E-state index contributed by atoms with van der Waals surface area (Å²) in [5.41, 5.74) is 0.906. The van der Waals surface area contributed by atoms with Gasteiger partial charge < -0.3 is 5.11 Å². The van der Waals surface area contributed by atoms with Gasteiger partial charge in [-0.1, -0.05) is 0 Å². The molecule has 2 aromatic rings. The molecule has 0 aliphatic carbocycles. The molecule has 0 fully saturated rings. The van der Waals surface area contributed by atoms with Crippen molar-refractivity contribution in [1.29, 1.82) is 0 Å². The van der Waals surface area contributed by atoms with Crippen molar-refractivity contribution in [3.63, 3.8) is 0 Å². The van der Waals surface area contributed by atoms with Crippen LogP contribution >= 0.6 is 0 Å². The van der Waals surface area contributed by atoms with Gasteiger partial charge in [-0.15, -0.1) is 0 Å². The summed E-state index contributed by atoms with van der Waals surface area (Å²) in [7, 11) is 0. The van der Waals surface area contributed by atoms with Crippen LogP contribution in [0.15, 0.2) is 24.7 Å². The molecule has 0 saturated heterocycles. The molecule has 0 spiro atoms. The zero-order valence-electron chi connectivity index (χ0n) is 7.95. The van der Waals surface area contributed by atoms with Gasteiger partial charge in [0.05, 0.1) is 0 Å². The molecule has 0 amide bonds. The largest absolute Gasteiger partial charge is 0.476 e. The maximum absolute atomic E-state index is 10.6. The second kappa shape index (κ2) is 3.49. The van der Waals surface area contributed by atoms with Crippen LogP contribution in [0.4, 0.5) is 0 Å². The second-order valence-corrected chi connectivity index (χ2v) is 3.01. The number of nitrogens with zero attached hydrogens (tertiary/aromatic N) is 4. The lowest BCUT2D eigenvalue weighted by atomic mass is 10.4. The first-order valence-electron chi connectivity index (χ1n) is 4.25. The summed E-state index contributed by atoms with van der Waals surface area (Å²) >= 11 is 0. The zero-order valence-corrected chi connectivity index (χ0v) is 7.95. The van der Waals surface area contributed by atoms with Gasteiger partial charge in [0.25, 0.3) is 0 Å². The van der Waals surface area contributed by atoms with Crippen LogP contribution in [0.3, 0.4) is 0 Å². The first-order chi connectivity index (χ1) is 7.16. The van der Waals surface area contributed by atoms with E-state index in [2.05, 4.69) is 15.1 Å². The first kappa shape index (κ1) is 9.32. The molecule has 6 nitrogen and oxygen atoms in total. The van der Waals surface area contributed by atoms with Crippen molar-refractivity contribution < 1.29 is 9.90 Å². The van der Waals surface area contributed by atoms with Crippen molar-refractivity contribution >= 4 is 5.97 Å². The number of aryl methyl sites for hydroxylation is 1. The Morgan fingerprint density at radius 2 is 2.07 bits per heavy atom. The van der Waals surface area contributed by atoms with Gasteiger partial charge in [0.2, 0.25) is 5.95 Å². The lowest BCUT2D eigenvalue weighted by molar-refractivity contribution is 0.0690. The standard InChI is InChI=1S/C9H8N4O2/c1-6-4-10-9(11-5-6)13-3-2-7(12-13)8(14)15/h2-5H,1H3,(H,14,15). The van der Waals surface area contributed by atoms with E-state index in [4.69, 9.17) is 5.11 Å². The number of carboxylic acid groups (broad SMARTS) is 1. The lowest BCUT2D eigenvalue weighted by Crippen LogP contribution is -2.04. The van der Waals surface area contributed by atoms with E-state index >= 15 is 0 Å². The molecule has 0 aliphatic heterocycles. The molecule has 0 aromatic carbocycles. The number of carbonyl (C=O) groups is 1. The van der Waals surface area contributed by atoms with Crippen LogP contribution in [0, 0.1) is 6.92 Å². The molecule has 76 valence electrons. The van der Waals surface area contributed by atoms with E-state index in [1.54, 1.807) is 12.4 Å². The van der Waals surface area contributed by atoms with Gasteiger partial charge in [-0.3, -0.25) is 0 Å². The van der Waals surface area contributed by atoms with Crippen molar-refractivity contribution in [3.05, 3.63) is 35.9 Å². The predicted octanol–water partition coefficient (Wildman–Crippen LogP) is 0.669. The van der Waals surface area contributed by atoms with E-state index in [0.717, 1.165) is 5.56 Å². The fourth-order valence-corrected chi connectivity index (χ4v) is 1.05. The van der Waals surface area contributed by atoms with E-state index in [9.17, 15) is 4.79 Å². The summed E-state index contributed by atoms with van der Waals surface area (Å²) in [5.74, 6) is -0.714. The third kappa shape index (κ3) is 1.83. The van der Waals surface area contributed by atoms with Crippen LogP contribution < -0.4 is 0 Å². The number of rotatable bonds is 2. The van der Waals surface area contributed by atoms with Crippen molar-refractivity contribution in [3.8, 4) is 5.95 Å². The molecule has 2 heterocycles. The Kier molecular flexibility index (Phi) is 2.17. The Hall–Kier alpha value is -2.24. The normalized spacial score (nSPS) is 10.2. The van der Waals surface area contributed by atoms with Crippen molar-refractivity contribution in [2.45, 2.75) is 6.92 Å². The SMILES string of the molecule is Cc1cnc(-n2ccc(C(=O)O)n2)nc1. The van der Waals surface area contributed by atoms with Crippen LogP contribution in [-0.2, 0) is 0 Å². The lowest BCUT2D eigenvalue weighted by Gasteiger charge is -1.97. The van der Waals surface area contributed by atoms with Crippen LogP contribution in [0.2, 0.25) is 0 Å². The van der Waals surface area contributed by atoms with Gasteiger partial charge in [-0.25, -0.2) is 19.4 Å². The Labute approximate surface area is 85.2 Å². The Morgan fingerprint density at radius 1 is 1.40 bits per heavy atom. The van der Waals surface area contributed by atoms with E-state index in [1.165, 1.54) is 16.9 Å². The van der Waals surface area contributed by atoms with Gasteiger partial charge in [-0.2, -0.15) is 5.10 Å². The maximum Gasteiger partial charge on any atom is 0.356 e. The average molecular weight is 204 g/mol. The van der Waals surface area contributed by atoms with E-state index < -0.39 is 5.97 Å². The molecule has 0 saturated carbocycles. The smallest absolute Gasteiger partial charge is 0.356 e. The minimum absolute atomic E-state index is 0.0285. The van der Waals surface area contributed by atoms with Crippen molar-refractivity contribution in [2.75, 3.05) is 0 Å². The second-order valence-electron chi connectivity index (χ2n) is 3.01. The molecule has 0 unspecified atom stereocenters.